The van der Waals surface area contributed by atoms with Gasteiger partial charge in [-0.05, 0) is 51.5 Å². The second-order valence-electron chi connectivity index (χ2n) is 9.53. The minimum absolute atomic E-state index is 0.0951. The van der Waals surface area contributed by atoms with Crippen LogP contribution in [0.15, 0.2) is 66.7 Å². The van der Waals surface area contributed by atoms with E-state index in [0.29, 0.717) is 23.4 Å². The number of pyridine rings is 1. The summed E-state index contributed by atoms with van der Waals surface area (Å²) >= 11 is 0. The predicted octanol–water partition coefficient (Wildman–Crippen LogP) is 6.39. The van der Waals surface area contributed by atoms with Crippen molar-refractivity contribution in [2.75, 3.05) is 5.32 Å². The number of anilines is 1. The molecule has 8 heteroatoms. The van der Waals surface area contributed by atoms with Crippen LogP contribution in [-0.2, 0) is 9.53 Å². The molecule has 1 amide bonds. The Kier molecular flexibility index (Phi) is 7.05. The number of amides is 1. The van der Waals surface area contributed by atoms with Crippen molar-refractivity contribution in [3.05, 3.63) is 66.7 Å². The molecule has 1 atom stereocenters. The largest absolute Gasteiger partial charge is 0.515 e. The van der Waals surface area contributed by atoms with E-state index >= 15 is 0 Å². The molecule has 0 saturated carbocycles. The second kappa shape index (κ2) is 10.2. The van der Waals surface area contributed by atoms with E-state index in [2.05, 4.69) is 10.4 Å². The molecule has 1 N–H and O–H groups in total. The normalized spacial score (nSPS) is 12.2. The number of hydrogen-bond acceptors (Lipinski definition) is 6. The van der Waals surface area contributed by atoms with Gasteiger partial charge in [-0.3, -0.25) is 4.79 Å². The average Bonchev–Trinajstić information content (AvgIpc) is 3.19. The van der Waals surface area contributed by atoms with Crippen LogP contribution in [0.1, 0.15) is 41.0 Å². The van der Waals surface area contributed by atoms with E-state index < -0.39 is 11.8 Å². The Morgan fingerprint density at radius 3 is 2.39 bits per heavy atom. The molecule has 2 heterocycles. The predicted molar refractivity (Wildman–Crippen MR) is 139 cm³/mol. The molecule has 0 fully saturated rings. The first-order valence-electron chi connectivity index (χ1n) is 11.9. The van der Waals surface area contributed by atoms with Crippen molar-refractivity contribution in [3.8, 4) is 22.8 Å². The fourth-order valence-corrected chi connectivity index (χ4v) is 3.54. The zero-order valence-corrected chi connectivity index (χ0v) is 21.1. The Morgan fingerprint density at radius 1 is 1.00 bits per heavy atom. The quantitative estimate of drug-likeness (QED) is 0.318. The number of rotatable bonds is 6. The number of aromatic nitrogens is 3. The van der Waals surface area contributed by atoms with Crippen molar-refractivity contribution in [2.45, 2.75) is 46.6 Å². The average molecular weight is 487 g/mol. The number of nitrogens with one attached hydrogen (secondary N) is 1. The molecule has 0 aliphatic rings. The van der Waals surface area contributed by atoms with Gasteiger partial charge in [0.15, 0.2) is 5.82 Å². The molecule has 0 aliphatic heterocycles. The molecule has 1 unspecified atom stereocenters. The maximum atomic E-state index is 12.9. The van der Waals surface area contributed by atoms with Gasteiger partial charge in [0.05, 0.1) is 16.9 Å². The van der Waals surface area contributed by atoms with Gasteiger partial charge in [0, 0.05) is 11.3 Å². The van der Waals surface area contributed by atoms with Crippen LogP contribution in [0.3, 0.4) is 0 Å². The lowest BCUT2D eigenvalue weighted by atomic mass is 10.1. The summed E-state index contributed by atoms with van der Waals surface area (Å²) in [7, 11) is 0. The first-order chi connectivity index (χ1) is 17.2. The van der Waals surface area contributed by atoms with Crippen LogP contribution in [0.25, 0.3) is 27.8 Å². The number of carbonyl (C=O) groups is 2. The fraction of sp³-hybridized carbons (Fsp3) is 0.286. The summed E-state index contributed by atoms with van der Waals surface area (Å²) in [5, 5.41) is 8.53. The number of carbonyl (C=O) groups excluding carboxylic acids is 2. The lowest BCUT2D eigenvalue weighted by molar-refractivity contribution is -0.119. The topological polar surface area (TPSA) is 95.3 Å². The Balaban J connectivity index is 1.93. The van der Waals surface area contributed by atoms with E-state index in [1.807, 2.05) is 80.6 Å². The van der Waals surface area contributed by atoms with Gasteiger partial charge < -0.3 is 14.8 Å². The SMILES string of the molecule is CCC(C)C(=O)Nc1nn(-c2ccccc2)c(OC(=O)OC(C)(C)C)c1-c1ccc2ccccc2n1. The number of ether oxygens (including phenoxy) is 2. The van der Waals surface area contributed by atoms with Gasteiger partial charge in [-0.15, -0.1) is 5.10 Å². The van der Waals surface area contributed by atoms with E-state index in [0.717, 1.165) is 10.9 Å². The van der Waals surface area contributed by atoms with E-state index in [1.54, 1.807) is 20.8 Å². The second-order valence-corrected chi connectivity index (χ2v) is 9.53. The highest BCUT2D eigenvalue weighted by Gasteiger charge is 2.29. The third-order valence-corrected chi connectivity index (χ3v) is 5.57. The summed E-state index contributed by atoms with van der Waals surface area (Å²) in [5.41, 5.74) is 1.51. The van der Waals surface area contributed by atoms with Crippen LogP contribution in [0.5, 0.6) is 5.88 Å². The van der Waals surface area contributed by atoms with Crippen LogP contribution in [0.2, 0.25) is 0 Å². The van der Waals surface area contributed by atoms with Gasteiger partial charge in [0.25, 0.3) is 0 Å². The molecular weight excluding hydrogens is 456 g/mol. The highest BCUT2D eigenvalue weighted by atomic mass is 16.7. The molecule has 4 aromatic rings. The zero-order chi connectivity index (χ0) is 25.9. The Labute approximate surface area is 210 Å². The molecule has 2 aromatic heterocycles. The molecule has 36 heavy (non-hydrogen) atoms. The highest BCUT2D eigenvalue weighted by molar-refractivity contribution is 5.97. The summed E-state index contributed by atoms with van der Waals surface area (Å²) in [4.78, 5) is 30.5. The third-order valence-electron chi connectivity index (χ3n) is 5.57. The number of nitrogens with zero attached hydrogens (tertiary/aromatic N) is 3. The fourth-order valence-electron chi connectivity index (χ4n) is 3.54. The zero-order valence-electron chi connectivity index (χ0n) is 21.1. The molecule has 0 spiro atoms. The van der Waals surface area contributed by atoms with Crippen LogP contribution >= 0.6 is 0 Å². The number of benzene rings is 2. The van der Waals surface area contributed by atoms with Gasteiger partial charge in [-0.2, -0.15) is 4.68 Å². The molecule has 0 bridgehead atoms. The summed E-state index contributed by atoms with van der Waals surface area (Å²) in [6, 6.07) is 20.7. The van der Waals surface area contributed by atoms with Crippen LogP contribution in [-0.4, -0.2) is 32.4 Å². The number of para-hydroxylation sites is 2. The van der Waals surface area contributed by atoms with Crippen molar-refractivity contribution in [1.82, 2.24) is 14.8 Å². The van der Waals surface area contributed by atoms with E-state index in [1.165, 1.54) is 4.68 Å². The van der Waals surface area contributed by atoms with Crippen molar-refractivity contribution in [2.24, 2.45) is 5.92 Å². The van der Waals surface area contributed by atoms with Crippen molar-refractivity contribution in [3.63, 3.8) is 0 Å². The van der Waals surface area contributed by atoms with Crippen LogP contribution in [0.4, 0.5) is 10.6 Å². The minimum atomic E-state index is -0.888. The molecule has 186 valence electrons. The van der Waals surface area contributed by atoms with Gasteiger partial charge in [0.1, 0.15) is 11.2 Å². The van der Waals surface area contributed by atoms with Gasteiger partial charge >= 0.3 is 6.16 Å². The van der Waals surface area contributed by atoms with Gasteiger partial charge in [0.2, 0.25) is 11.8 Å². The summed E-state index contributed by atoms with van der Waals surface area (Å²) in [5.74, 6) is -0.0937. The molecule has 2 aromatic carbocycles. The lowest BCUT2D eigenvalue weighted by Gasteiger charge is -2.19. The standard InChI is InChI=1S/C28H30N4O4/c1-6-18(2)25(33)30-24-23(22-17-16-19-12-10-11-15-21(19)29-22)26(35-27(34)36-28(3,4)5)32(31-24)20-13-8-7-9-14-20/h7-18H,6H2,1-5H3,(H,30,31,33). The van der Waals surface area contributed by atoms with Crippen molar-refractivity contribution in [1.29, 1.82) is 0 Å². The van der Waals surface area contributed by atoms with Crippen LogP contribution in [0, 0.1) is 5.92 Å². The Morgan fingerprint density at radius 2 is 1.69 bits per heavy atom. The molecule has 0 saturated heterocycles. The molecule has 0 aliphatic carbocycles. The minimum Gasteiger partial charge on any atom is -0.428 e. The first kappa shape index (κ1) is 24.9. The maximum Gasteiger partial charge on any atom is 0.515 e. The Bertz CT molecular complexity index is 1390. The van der Waals surface area contributed by atoms with Crippen LogP contribution < -0.4 is 10.1 Å². The number of hydrogen-bond donors (Lipinski definition) is 1. The lowest BCUT2D eigenvalue weighted by Crippen LogP contribution is -2.26. The van der Waals surface area contributed by atoms with Gasteiger partial charge in [-0.1, -0.05) is 56.3 Å². The number of fused-ring (bicyclic) bond motifs is 1. The summed E-state index contributed by atoms with van der Waals surface area (Å²) in [6.45, 7) is 9.05. The maximum absolute atomic E-state index is 12.9. The molecule has 0 radical (unpaired) electrons. The van der Waals surface area contributed by atoms with E-state index in [4.69, 9.17) is 14.5 Å². The van der Waals surface area contributed by atoms with E-state index in [-0.39, 0.29) is 23.5 Å². The molecular formula is C28H30N4O4. The summed E-state index contributed by atoms with van der Waals surface area (Å²) < 4.78 is 12.7. The molecule has 4 rings (SSSR count). The monoisotopic (exact) mass is 486 g/mol. The Hall–Kier alpha value is -4.20. The van der Waals surface area contributed by atoms with Crippen molar-refractivity contribution < 1.29 is 19.1 Å². The molecule has 8 nitrogen and oxygen atoms in total. The smallest absolute Gasteiger partial charge is 0.428 e. The highest BCUT2D eigenvalue weighted by Crippen LogP contribution is 2.39. The third kappa shape index (κ3) is 5.54. The summed E-state index contributed by atoms with van der Waals surface area (Å²) in [6.07, 6.45) is -0.225. The van der Waals surface area contributed by atoms with Gasteiger partial charge in [-0.25, -0.2) is 9.78 Å². The first-order valence-corrected chi connectivity index (χ1v) is 11.9. The van der Waals surface area contributed by atoms with E-state index in [9.17, 15) is 9.59 Å². The van der Waals surface area contributed by atoms with Crippen molar-refractivity contribution >= 4 is 28.8 Å².